The average molecular weight is 405 g/mol. The van der Waals surface area contributed by atoms with Crippen LogP contribution in [0.25, 0.3) is 10.9 Å². The van der Waals surface area contributed by atoms with E-state index in [9.17, 15) is 19.1 Å². The lowest BCUT2D eigenvalue weighted by molar-refractivity contribution is 0.0681. The molecular weight excluding hydrogens is 377 g/mol. The molecule has 2 N–H and O–H groups in total. The fourth-order valence-corrected chi connectivity index (χ4v) is 3.60. The molecule has 1 aliphatic rings. The predicted molar refractivity (Wildman–Crippen MR) is 110 cm³/mol. The molecule has 1 aliphatic heterocycles. The van der Waals surface area contributed by atoms with E-state index >= 15 is 0 Å². The number of aromatic carboxylic acids is 1. The summed E-state index contributed by atoms with van der Waals surface area (Å²) < 4.78 is 16.2. The first-order chi connectivity index (χ1) is 13.8. The van der Waals surface area contributed by atoms with Gasteiger partial charge in [-0.15, -0.1) is 0 Å². The number of halogens is 1. The Morgan fingerprint density at radius 2 is 2.17 bits per heavy atom. The van der Waals surface area contributed by atoms with E-state index in [1.807, 2.05) is 18.7 Å². The van der Waals surface area contributed by atoms with Crippen LogP contribution in [-0.4, -0.2) is 48.6 Å². The van der Waals surface area contributed by atoms with Crippen LogP contribution in [-0.2, 0) is 0 Å². The zero-order valence-electron chi connectivity index (χ0n) is 17.1. The van der Waals surface area contributed by atoms with E-state index in [4.69, 9.17) is 4.84 Å². The van der Waals surface area contributed by atoms with Crippen molar-refractivity contribution >= 4 is 22.6 Å². The first kappa shape index (κ1) is 21.1. The quantitative estimate of drug-likeness (QED) is 0.702. The summed E-state index contributed by atoms with van der Waals surface area (Å²) in [6.07, 6.45) is 2.13. The van der Waals surface area contributed by atoms with Crippen LogP contribution in [0.15, 0.2) is 23.1 Å². The van der Waals surface area contributed by atoms with Crippen molar-refractivity contribution in [3.63, 3.8) is 0 Å². The number of nitrogens with zero attached hydrogens (tertiary/aromatic N) is 2. The third kappa shape index (κ3) is 4.53. The van der Waals surface area contributed by atoms with Gasteiger partial charge in [0.2, 0.25) is 5.43 Å². The fourth-order valence-electron chi connectivity index (χ4n) is 3.60. The summed E-state index contributed by atoms with van der Waals surface area (Å²) in [6, 6.07) is 2.72. The molecule has 0 bridgehead atoms. The Morgan fingerprint density at radius 3 is 2.83 bits per heavy atom. The molecular formula is C21H28FN3O4. The molecule has 8 heteroatoms. The van der Waals surface area contributed by atoms with Crippen molar-refractivity contribution in [2.45, 2.75) is 27.2 Å². The summed E-state index contributed by atoms with van der Waals surface area (Å²) in [6.45, 7) is 9.53. The van der Waals surface area contributed by atoms with Gasteiger partial charge in [0.1, 0.15) is 18.0 Å². The van der Waals surface area contributed by atoms with Gasteiger partial charge in [-0.25, -0.2) is 9.18 Å². The van der Waals surface area contributed by atoms with E-state index in [1.165, 1.54) is 10.9 Å². The number of aromatic nitrogens is 1. The number of fused-ring (bicyclic) bond motifs is 1. The minimum Gasteiger partial charge on any atom is -0.477 e. The molecule has 1 unspecified atom stereocenters. The summed E-state index contributed by atoms with van der Waals surface area (Å²) in [5.74, 6) is -1.27. The summed E-state index contributed by atoms with van der Waals surface area (Å²) in [5.41, 5.74) is -0.387. The van der Waals surface area contributed by atoms with Crippen molar-refractivity contribution in [3.05, 3.63) is 39.9 Å². The van der Waals surface area contributed by atoms with Gasteiger partial charge >= 0.3 is 5.97 Å². The lowest BCUT2D eigenvalue weighted by Gasteiger charge is -2.22. The Bertz CT molecular complexity index is 957. The van der Waals surface area contributed by atoms with Gasteiger partial charge in [-0.05, 0) is 43.5 Å². The van der Waals surface area contributed by atoms with Crippen molar-refractivity contribution in [1.29, 1.82) is 0 Å². The molecule has 1 fully saturated rings. The maximum Gasteiger partial charge on any atom is 0.341 e. The second-order valence-corrected chi connectivity index (χ2v) is 7.92. The molecule has 2 aromatic rings. The summed E-state index contributed by atoms with van der Waals surface area (Å²) in [7, 11) is 0. The molecule has 1 aromatic heterocycles. The summed E-state index contributed by atoms with van der Waals surface area (Å²) in [4.78, 5) is 31.7. The Kier molecular flexibility index (Phi) is 6.42. The van der Waals surface area contributed by atoms with E-state index < -0.39 is 22.8 Å². The van der Waals surface area contributed by atoms with E-state index in [-0.39, 0.29) is 11.3 Å². The molecule has 1 aromatic carbocycles. The number of anilines is 1. The van der Waals surface area contributed by atoms with E-state index in [2.05, 4.69) is 12.2 Å². The van der Waals surface area contributed by atoms with Gasteiger partial charge in [-0.1, -0.05) is 20.8 Å². The molecule has 3 rings (SSSR count). The van der Waals surface area contributed by atoms with Crippen molar-refractivity contribution in [2.75, 3.05) is 37.7 Å². The van der Waals surface area contributed by atoms with Crippen molar-refractivity contribution in [2.24, 2.45) is 11.8 Å². The van der Waals surface area contributed by atoms with Crippen LogP contribution in [0.2, 0.25) is 0 Å². The van der Waals surface area contributed by atoms with Crippen LogP contribution in [0.3, 0.4) is 0 Å². The monoisotopic (exact) mass is 405 g/mol. The molecule has 29 heavy (non-hydrogen) atoms. The average Bonchev–Trinajstić information content (AvgIpc) is 3.14. The van der Waals surface area contributed by atoms with E-state index in [0.29, 0.717) is 23.7 Å². The Balaban J connectivity index is 2.04. The zero-order chi connectivity index (χ0) is 21.1. The van der Waals surface area contributed by atoms with Gasteiger partial charge in [0.05, 0.1) is 22.8 Å². The first-order valence-corrected chi connectivity index (χ1v) is 10.0. The molecule has 0 saturated carbocycles. The van der Waals surface area contributed by atoms with E-state index in [1.54, 1.807) is 6.07 Å². The number of pyridine rings is 1. The van der Waals surface area contributed by atoms with Gasteiger partial charge in [0, 0.05) is 13.1 Å². The maximum atomic E-state index is 14.9. The lowest BCUT2D eigenvalue weighted by atomic mass is 10.1. The van der Waals surface area contributed by atoms with Crippen LogP contribution in [0.5, 0.6) is 0 Å². The highest BCUT2D eigenvalue weighted by Gasteiger charge is 2.26. The molecule has 0 radical (unpaired) electrons. The molecule has 0 spiro atoms. The minimum absolute atomic E-state index is 0.00157. The molecule has 0 amide bonds. The van der Waals surface area contributed by atoms with Crippen LogP contribution < -0.4 is 20.5 Å². The zero-order valence-corrected chi connectivity index (χ0v) is 17.1. The largest absolute Gasteiger partial charge is 0.477 e. The molecule has 158 valence electrons. The smallest absolute Gasteiger partial charge is 0.341 e. The standard InChI is InChI=1S/C21H28FN3O4/c1-4-23-9-14-5-6-24(10-14)19-8-18-15(7-17(19)22)20(26)16(21(27)28)11-25(18)29-12-13(2)3/h7-8,11,13-14,23H,4-6,9-10,12H2,1-3H3,(H,27,28). The van der Waals surface area contributed by atoms with Crippen LogP contribution in [0, 0.1) is 17.7 Å². The number of hydrogen-bond acceptors (Lipinski definition) is 5. The van der Waals surface area contributed by atoms with E-state index in [0.717, 1.165) is 38.7 Å². The lowest BCUT2D eigenvalue weighted by Crippen LogP contribution is -2.27. The third-order valence-electron chi connectivity index (χ3n) is 5.13. The van der Waals surface area contributed by atoms with Crippen LogP contribution >= 0.6 is 0 Å². The predicted octanol–water partition coefficient (Wildman–Crippen LogP) is 2.36. The van der Waals surface area contributed by atoms with Crippen molar-refractivity contribution in [1.82, 2.24) is 10.0 Å². The maximum absolute atomic E-state index is 14.9. The Hall–Kier alpha value is -2.61. The number of benzene rings is 1. The topological polar surface area (TPSA) is 83.8 Å². The van der Waals surface area contributed by atoms with Gasteiger partial charge in [-0.3, -0.25) is 4.79 Å². The number of rotatable bonds is 8. The van der Waals surface area contributed by atoms with Gasteiger partial charge in [0.25, 0.3) is 0 Å². The molecule has 2 heterocycles. The van der Waals surface area contributed by atoms with Crippen molar-refractivity contribution < 1.29 is 19.1 Å². The SMILES string of the molecule is CCNCC1CCN(c2cc3c(cc2F)c(=O)c(C(=O)O)cn3OCC(C)C)C1. The number of carbonyl (C=O) groups is 1. The summed E-state index contributed by atoms with van der Waals surface area (Å²) in [5, 5.41) is 12.7. The second kappa shape index (κ2) is 8.82. The van der Waals surface area contributed by atoms with Crippen LogP contribution in [0.4, 0.5) is 10.1 Å². The number of carboxylic acids is 1. The Morgan fingerprint density at radius 1 is 1.41 bits per heavy atom. The molecule has 7 nitrogen and oxygen atoms in total. The van der Waals surface area contributed by atoms with Gasteiger partial charge in [0.15, 0.2) is 0 Å². The first-order valence-electron chi connectivity index (χ1n) is 10.0. The van der Waals surface area contributed by atoms with Gasteiger partial charge < -0.3 is 20.2 Å². The Labute approximate surface area is 169 Å². The molecule has 1 atom stereocenters. The molecule has 1 saturated heterocycles. The fraction of sp³-hybridized carbons (Fsp3) is 0.524. The molecule has 0 aliphatic carbocycles. The number of carboxylic acid groups (broad SMARTS) is 1. The summed E-state index contributed by atoms with van der Waals surface area (Å²) >= 11 is 0. The number of hydrogen-bond donors (Lipinski definition) is 2. The normalized spacial score (nSPS) is 16.7. The van der Waals surface area contributed by atoms with Crippen molar-refractivity contribution in [3.8, 4) is 0 Å². The minimum atomic E-state index is -1.37. The highest BCUT2D eigenvalue weighted by molar-refractivity contribution is 5.93. The number of nitrogens with one attached hydrogen (secondary N) is 1. The third-order valence-corrected chi connectivity index (χ3v) is 5.13. The van der Waals surface area contributed by atoms with Gasteiger partial charge in [-0.2, -0.15) is 4.73 Å². The second-order valence-electron chi connectivity index (χ2n) is 7.92. The highest BCUT2D eigenvalue weighted by Crippen LogP contribution is 2.29. The highest BCUT2D eigenvalue weighted by atomic mass is 19.1. The van der Waals surface area contributed by atoms with Crippen LogP contribution in [0.1, 0.15) is 37.6 Å².